The number of hydrogen-bond donors (Lipinski definition) is 2. The number of sulfone groups is 1. The molecule has 0 bridgehead atoms. The van der Waals surface area contributed by atoms with Crippen LogP contribution in [0.1, 0.15) is 6.42 Å². The van der Waals surface area contributed by atoms with Crippen LogP contribution in [-0.2, 0) is 19.4 Å². The minimum absolute atomic E-state index is 0.153. The van der Waals surface area contributed by atoms with Crippen LogP contribution in [0.5, 0.6) is 0 Å². The summed E-state index contributed by atoms with van der Waals surface area (Å²) < 4.78 is 27.7. The fourth-order valence-electron chi connectivity index (χ4n) is 1.30. The molecular formula is C13H16N2O4S. The molecule has 0 unspecified atom stereocenters. The highest BCUT2D eigenvalue weighted by atomic mass is 32.2. The van der Waals surface area contributed by atoms with Crippen LogP contribution in [0, 0.1) is 12.3 Å². The Morgan fingerprint density at radius 1 is 1.45 bits per heavy atom. The van der Waals surface area contributed by atoms with E-state index in [4.69, 9.17) is 11.2 Å². The van der Waals surface area contributed by atoms with Crippen LogP contribution < -0.4 is 10.9 Å². The van der Waals surface area contributed by atoms with E-state index in [-0.39, 0.29) is 30.4 Å². The molecule has 0 aromatic heterocycles. The van der Waals surface area contributed by atoms with E-state index in [1.807, 2.05) is 0 Å². The minimum Gasteiger partial charge on any atom is -0.368 e. The van der Waals surface area contributed by atoms with Gasteiger partial charge in [-0.05, 0) is 18.2 Å². The van der Waals surface area contributed by atoms with Crippen molar-refractivity contribution in [3.8, 4) is 12.3 Å². The third-order valence-corrected chi connectivity index (χ3v) is 3.38. The molecule has 20 heavy (non-hydrogen) atoms. The van der Waals surface area contributed by atoms with Crippen LogP contribution >= 0.6 is 0 Å². The molecule has 2 N–H and O–H groups in total. The van der Waals surface area contributed by atoms with Crippen molar-refractivity contribution in [2.45, 2.75) is 11.3 Å². The molecule has 0 atom stereocenters. The third kappa shape index (κ3) is 5.73. The predicted molar refractivity (Wildman–Crippen MR) is 75.6 cm³/mol. The summed E-state index contributed by atoms with van der Waals surface area (Å²) in [6, 6.07) is 6.14. The number of carbonyl (C=O) groups is 1. The summed E-state index contributed by atoms with van der Waals surface area (Å²) in [5.41, 5.74) is 5.55. The molecule has 0 saturated carbocycles. The number of nitrogens with one attached hydrogen (secondary N) is 2. The van der Waals surface area contributed by atoms with Gasteiger partial charge in [0.25, 0.3) is 0 Å². The van der Waals surface area contributed by atoms with Gasteiger partial charge in [0.15, 0.2) is 9.84 Å². The van der Waals surface area contributed by atoms with Gasteiger partial charge in [-0.2, -0.15) is 0 Å². The number of rotatable bonds is 7. The van der Waals surface area contributed by atoms with Crippen LogP contribution in [-0.4, -0.2) is 33.8 Å². The molecule has 0 aliphatic carbocycles. The molecule has 6 nitrogen and oxygen atoms in total. The smallest absolute Gasteiger partial charge is 0.240 e. The van der Waals surface area contributed by atoms with Crippen LogP contribution in [0.25, 0.3) is 0 Å². The van der Waals surface area contributed by atoms with Crippen molar-refractivity contribution < 1.29 is 17.9 Å². The number of anilines is 1. The predicted octanol–water partition coefficient (Wildman–Crippen LogP) is 0.573. The highest BCUT2D eigenvalue weighted by Crippen LogP contribution is 2.14. The number of benzene rings is 1. The van der Waals surface area contributed by atoms with E-state index in [1.54, 1.807) is 12.1 Å². The number of hydrogen-bond acceptors (Lipinski definition) is 5. The summed E-state index contributed by atoms with van der Waals surface area (Å²) in [4.78, 5) is 11.6. The van der Waals surface area contributed by atoms with Crippen molar-refractivity contribution in [2.75, 3.05) is 24.9 Å². The highest BCUT2D eigenvalue weighted by Gasteiger charge is 2.07. The zero-order valence-electron chi connectivity index (χ0n) is 11.0. The highest BCUT2D eigenvalue weighted by molar-refractivity contribution is 7.90. The summed E-state index contributed by atoms with van der Waals surface area (Å²) in [6.45, 7) is 0.387. The average Bonchev–Trinajstić information content (AvgIpc) is 2.41. The molecule has 0 radical (unpaired) electrons. The van der Waals surface area contributed by atoms with Gasteiger partial charge in [0.2, 0.25) is 5.91 Å². The van der Waals surface area contributed by atoms with Gasteiger partial charge < -0.3 is 4.74 Å². The summed E-state index contributed by atoms with van der Waals surface area (Å²) in [5.74, 6) is 2.01. The first-order valence-corrected chi connectivity index (χ1v) is 7.69. The van der Waals surface area contributed by atoms with Crippen molar-refractivity contribution >= 4 is 21.4 Å². The molecule has 1 aromatic carbocycles. The van der Waals surface area contributed by atoms with Crippen molar-refractivity contribution in [1.29, 1.82) is 0 Å². The molecule has 0 spiro atoms. The van der Waals surface area contributed by atoms with Crippen molar-refractivity contribution in [3.63, 3.8) is 0 Å². The largest absolute Gasteiger partial charge is 0.368 e. The Labute approximate surface area is 118 Å². The Morgan fingerprint density at radius 3 is 2.85 bits per heavy atom. The van der Waals surface area contributed by atoms with Gasteiger partial charge in [-0.3, -0.25) is 15.6 Å². The van der Waals surface area contributed by atoms with Crippen molar-refractivity contribution in [2.24, 2.45) is 0 Å². The van der Waals surface area contributed by atoms with E-state index in [9.17, 15) is 13.2 Å². The maximum atomic E-state index is 11.4. The second-order valence-electron chi connectivity index (χ2n) is 3.98. The van der Waals surface area contributed by atoms with Gasteiger partial charge in [0.1, 0.15) is 6.61 Å². The summed E-state index contributed by atoms with van der Waals surface area (Å²) in [6.07, 6.45) is 6.26. The maximum Gasteiger partial charge on any atom is 0.240 e. The minimum atomic E-state index is -3.28. The first-order valence-electron chi connectivity index (χ1n) is 5.79. The lowest BCUT2D eigenvalue weighted by Crippen LogP contribution is -2.30. The number of ether oxygens (including phenoxy) is 1. The molecule has 0 heterocycles. The van der Waals surface area contributed by atoms with Crippen molar-refractivity contribution in [1.82, 2.24) is 5.43 Å². The van der Waals surface area contributed by atoms with E-state index in [2.05, 4.69) is 16.8 Å². The molecular weight excluding hydrogens is 280 g/mol. The first-order chi connectivity index (χ1) is 9.43. The average molecular weight is 296 g/mol. The summed E-state index contributed by atoms with van der Waals surface area (Å²) in [5, 5.41) is 0. The zero-order valence-corrected chi connectivity index (χ0v) is 11.9. The van der Waals surface area contributed by atoms with Crippen LogP contribution in [0.2, 0.25) is 0 Å². The van der Waals surface area contributed by atoms with E-state index < -0.39 is 9.84 Å². The van der Waals surface area contributed by atoms with Gasteiger partial charge in [0, 0.05) is 6.26 Å². The maximum absolute atomic E-state index is 11.4. The molecule has 0 saturated heterocycles. The number of terminal acetylenes is 1. The van der Waals surface area contributed by atoms with Gasteiger partial charge in [0.05, 0.1) is 23.6 Å². The second kappa shape index (κ2) is 7.53. The first kappa shape index (κ1) is 16.0. The standard InChI is InChI=1S/C13H16N2O4S/c1-3-8-19-9-7-13(16)15-14-11-5-4-6-12(10-11)20(2,17)18/h1,4-6,10,14H,7-9H2,2H3,(H,15,16). The number of amides is 1. The molecule has 1 amide bonds. The number of hydrazine groups is 1. The van der Waals surface area contributed by atoms with Gasteiger partial charge in [-0.25, -0.2) is 8.42 Å². The van der Waals surface area contributed by atoms with E-state index in [1.165, 1.54) is 12.1 Å². The normalized spacial score (nSPS) is 10.6. The lowest BCUT2D eigenvalue weighted by atomic mass is 10.3. The monoisotopic (exact) mass is 296 g/mol. The summed E-state index contributed by atoms with van der Waals surface area (Å²) >= 11 is 0. The SMILES string of the molecule is C#CCOCCC(=O)NNc1cccc(S(C)(=O)=O)c1. The fraction of sp³-hybridized carbons (Fsp3) is 0.308. The molecule has 0 fully saturated rings. The molecule has 108 valence electrons. The Kier molecular flexibility index (Phi) is 6.03. The quantitative estimate of drug-likeness (QED) is 0.437. The third-order valence-electron chi connectivity index (χ3n) is 2.27. The van der Waals surface area contributed by atoms with E-state index in [0.29, 0.717) is 5.69 Å². The lowest BCUT2D eigenvalue weighted by Gasteiger charge is -2.09. The van der Waals surface area contributed by atoms with Crippen LogP contribution in [0.15, 0.2) is 29.2 Å². The Balaban J connectivity index is 2.46. The zero-order chi connectivity index (χ0) is 15.0. The second-order valence-corrected chi connectivity index (χ2v) is 6.00. The van der Waals surface area contributed by atoms with Crippen LogP contribution in [0.3, 0.4) is 0 Å². The summed E-state index contributed by atoms with van der Waals surface area (Å²) in [7, 11) is -3.28. The molecule has 1 aromatic rings. The fourth-order valence-corrected chi connectivity index (χ4v) is 1.97. The Morgan fingerprint density at radius 2 is 2.20 bits per heavy atom. The number of carbonyl (C=O) groups excluding carboxylic acids is 1. The van der Waals surface area contributed by atoms with Gasteiger partial charge >= 0.3 is 0 Å². The molecule has 0 aliphatic rings. The Hall–Kier alpha value is -2.04. The van der Waals surface area contributed by atoms with E-state index >= 15 is 0 Å². The van der Waals surface area contributed by atoms with Crippen molar-refractivity contribution in [3.05, 3.63) is 24.3 Å². The van der Waals surface area contributed by atoms with Crippen LogP contribution in [0.4, 0.5) is 5.69 Å². The molecule has 0 aliphatic heterocycles. The van der Waals surface area contributed by atoms with Gasteiger partial charge in [-0.1, -0.05) is 12.0 Å². The topological polar surface area (TPSA) is 84.5 Å². The molecule has 7 heteroatoms. The Bertz CT molecular complexity index is 605. The lowest BCUT2D eigenvalue weighted by molar-refractivity contribution is -0.121. The molecule has 1 rings (SSSR count). The van der Waals surface area contributed by atoms with E-state index in [0.717, 1.165) is 6.26 Å². The van der Waals surface area contributed by atoms with Gasteiger partial charge in [-0.15, -0.1) is 6.42 Å².